The number of nitrogens with one attached hydrogen (secondary N) is 3. The van der Waals surface area contributed by atoms with Crippen LogP contribution in [0.4, 0.5) is 27.1 Å². The number of methoxy groups -OCH3 is 1. The maximum Gasteiger partial charge on any atom is 0.310 e. The smallest absolute Gasteiger partial charge is 0.310 e. The van der Waals surface area contributed by atoms with Crippen molar-refractivity contribution in [2.45, 2.75) is 25.8 Å². The van der Waals surface area contributed by atoms with Crippen molar-refractivity contribution in [3.63, 3.8) is 0 Å². The molecule has 0 fully saturated rings. The van der Waals surface area contributed by atoms with Crippen molar-refractivity contribution in [1.29, 1.82) is 0 Å². The van der Waals surface area contributed by atoms with E-state index in [2.05, 4.69) is 16.0 Å². The summed E-state index contributed by atoms with van der Waals surface area (Å²) < 4.78 is 18.4. The Kier molecular flexibility index (Phi) is 7.15. The molecule has 3 N–H and O–H groups in total. The highest BCUT2D eigenvalue weighted by Gasteiger charge is 2.31. The van der Waals surface area contributed by atoms with Crippen molar-refractivity contribution < 1.29 is 23.6 Å². The van der Waals surface area contributed by atoms with E-state index >= 15 is 0 Å². The highest BCUT2D eigenvalue weighted by atomic mass is 19.1. The van der Waals surface area contributed by atoms with Gasteiger partial charge in [-0.3, -0.25) is 19.7 Å². The lowest BCUT2D eigenvalue weighted by Crippen LogP contribution is -2.39. The normalized spacial score (nSPS) is 12.2. The number of benzene rings is 4. The molecule has 4 aromatic rings. The molecule has 4 aromatic carbocycles. The first-order chi connectivity index (χ1) is 19.6. The van der Waals surface area contributed by atoms with Gasteiger partial charge in [-0.25, -0.2) is 4.39 Å². The van der Waals surface area contributed by atoms with Gasteiger partial charge in [0.2, 0.25) is 5.91 Å². The molecule has 0 unspecified atom stereocenters. The van der Waals surface area contributed by atoms with Gasteiger partial charge in [-0.05, 0) is 84.6 Å². The topological polar surface area (TPSA) is 123 Å². The van der Waals surface area contributed by atoms with Gasteiger partial charge in [0.25, 0.3) is 5.91 Å². The van der Waals surface area contributed by atoms with Gasteiger partial charge in [0.15, 0.2) is 5.75 Å². The Morgan fingerprint density at radius 1 is 0.927 bits per heavy atom. The van der Waals surface area contributed by atoms with Crippen molar-refractivity contribution >= 4 is 34.6 Å². The van der Waals surface area contributed by atoms with Crippen LogP contribution in [0.5, 0.6) is 5.75 Å². The lowest BCUT2D eigenvalue weighted by Gasteiger charge is -2.25. The first-order valence-electron chi connectivity index (χ1n) is 12.8. The fraction of sp³-hybridized carbons (Fsp3) is 0.161. The molecule has 0 saturated carbocycles. The fourth-order valence-electron chi connectivity index (χ4n) is 4.65. The number of halogens is 1. The second-order valence-electron chi connectivity index (χ2n) is 10.2. The monoisotopic (exact) mass is 554 g/mol. The third kappa shape index (κ3) is 5.44. The first kappa shape index (κ1) is 27.3. The van der Waals surface area contributed by atoms with Gasteiger partial charge in [0, 0.05) is 12.6 Å². The zero-order chi connectivity index (χ0) is 29.3. The zero-order valence-corrected chi connectivity index (χ0v) is 22.6. The minimum atomic E-state index is -0.929. The van der Waals surface area contributed by atoms with Crippen LogP contribution in [0, 0.1) is 15.9 Å². The summed E-state index contributed by atoms with van der Waals surface area (Å²) >= 11 is 0. The van der Waals surface area contributed by atoms with E-state index in [1.165, 1.54) is 25.3 Å². The standard InChI is InChI=1S/C31H27FN4O5/c1-31(2,30(38)33-17-18-4-9-22(32)10-5-18)21-8-12-24-26(16-21)35-29(37)23-11-6-19(14-25(23)34-24)20-7-13-27(36(39)40)28(15-20)41-3/h4-16,34H,17H2,1-3H3,(H,33,38)(H,35,37). The SMILES string of the molecule is COc1cc(-c2ccc3c(c2)Nc2ccc(C(C)(C)C(=O)NCc4ccc(F)cc4)cc2NC3=O)ccc1[N+](=O)[O-]. The summed E-state index contributed by atoms with van der Waals surface area (Å²) in [7, 11) is 1.37. The second-order valence-corrected chi connectivity index (χ2v) is 10.2. The fourth-order valence-corrected chi connectivity index (χ4v) is 4.65. The molecular formula is C31H27FN4O5. The Labute approximate surface area is 235 Å². The molecule has 0 saturated heterocycles. The molecule has 208 valence electrons. The third-order valence-electron chi connectivity index (χ3n) is 7.17. The molecule has 0 radical (unpaired) electrons. The average molecular weight is 555 g/mol. The minimum absolute atomic E-state index is 0.135. The van der Waals surface area contributed by atoms with E-state index in [0.29, 0.717) is 33.8 Å². The Morgan fingerprint density at radius 3 is 2.34 bits per heavy atom. The van der Waals surface area contributed by atoms with Crippen LogP contribution >= 0.6 is 0 Å². The van der Waals surface area contributed by atoms with E-state index < -0.39 is 10.3 Å². The molecular weight excluding hydrogens is 527 g/mol. The van der Waals surface area contributed by atoms with Crippen LogP contribution < -0.4 is 20.7 Å². The number of fused-ring (bicyclic) bond motifs is 2. The summed E-state index contributed by atoms with van der Waals surface area (Å²) in [5.41, 5.74) is 3.95. The number of nitrogens with zero attached hydrogens (tertiary/aromatic N) is 1. The Balaban J connectivity index is 1.40. The molecule has 0 bridgehead atoms. The van der Waals surface area contributed by atoms with Gasteiger partial charge >= 0.3 is 5.69 Å². The number of amides is 2. The van der Waals surface area contributed by atoms with Crippen LogP contribution in [0.3, 0.4) is 0 Å². The lowest BCUT2D eigenvalue weighted by molar-refractivity contribution is -0.385. The van der Waals surface area contributed by atoms with Crippen LogP contribution in [-0.4, -0.2) is 23.8 Å². The molecule has 1 heterocycles. The second kappa shape index (κ2) is 10.7. The molecule has 0 aliphatic carbocycles. The minimum Gasteiger partial charge on any atom is -0.490 e. The lowest BCUT2D eigenvalue weighted by atomic mass is 9.83. The molecule has 0 atom stereocenters. The quantitative estimate of drug-likeness (QED) is 0.182. The Morgan fingerprint density at radius 2 is 1.63 bits per heavy atom. The molecule has 1 aliphatic heterocycles. The van der Waals surface area contributed by atoms with Crippen LogP contribution in [0.2, 0.25) is 0 Å². The zero-order valence-electron chi connectivity index (χ0n) is 22.6. The van der Waals surface area contributed by atoms with Crippen LogP contribution in [0.15, 0.2) is 78.9 Å². The number of hydrogen-bond donors (Lipinski definition) is 3. The number of nitro benzene ring substituents is 1. The molecule has 0 spiro atoms. The Hall–Kier alpha value is -5.25. The third-order valence-corrected chi connectivity index (χ3v) is 7.17. The van der Waals surface area contributed by atoms with Gasteiger partial charge in [-0.15, -0.1) is 0 Å². The predicted octanol–water partition coefficient (Wildman–Crippen LogP) is 6.31. The van der Waals surface area contributed by atoms with E-state index in [9.17, 15) is 24.1 Å². The van der Waals surface area contributed by atoms with E-state index in [1.54, 1.807) is 68.4 Å². The number of carbonyl (C=O) groups excluding carboxylic acids is 2. The van der Waals surface area contributed by atoms with Crippen molar-refractivity contribution in [3.8, 4) is 16.9 Å². The summed E-state index contributed by atoms with van der Waals surface area (Å²) in [6.45, 7) is 3.84. The summed E-state index contributed by atoms with van der Waals surface area (Å²) in [5.74, 6) is -0.753. The molecule has 5 rings (SSSR count). The first-order valence-corrected chi connectivity index (χ1v) is 12.8. The number of ether oxygens (including phenoxy) is 1. The number of rotatable bonds is 7. The Bertz CT molecular complexity index is 1680. The van der Waals surface area contributed by atoms with Gasteiger partial charge in [0.1, 0.15) is 5.82 Å². The summed E-state index contributed by atoms with van der Waals surface area (Å²) in [4.78, 5) is 37.1. The highest BCUT2D eigenvalue weighted by Crippen LogP contribution is 2.38. The maximum atomic E-state index is 13.2. The van der Waals surface area contributed by atoms with Crippen molar-refractivity contribution in [2.75, 3.05) is 17.7 Å². The van der Waals surface area contributed by atoms with Crippen molar-refractivity contribution in [3.05, 3.63) is 111 Å². The van der Waals surface area contributed by atoms with Gasteiger partial charge in [-0.2, -0.15) is 0 Å². The maximum absolute atomic E-state index is 13.2. The molecule has 9 nitrogen and oxygen atoms in total. The molecule has 2 amide bonds. The summed E-state index contributed by atoms with van der Waals surface area (Å²) in [5, 5.41) is 20.4. The largest absolute Gasteiger partial charge is 0.490 e. The van der Waals surface area contributed by atoms with E-state index in [4.69, 9.17) is 4.74 Å². The van der Waals surface area contributed by atoms with Crippen LogP contribution in [0.25, 0.3) is 11.1 Å². The summed E-state index contributed by atoms with van der Waals surface area (Å²) in [6, 6.07) is 21.2. The average Bonchev–Trinajstić information content (AvgIpc) is 3.10. The van der Waals surface area contributed by atoms with E-state index in [0.717, 1.165) is 11.1 Å². The van der Waals surface area contributed by atoms with Crippen molar-refractivity contribution in [1.82, 2.24) is 5.32 Å². The molecule has 10 heteroatoms. The number of anilines is 3. The summed E-state index contributed by atoms with van der Waals surface area (Å²) in [6.07, 6.45) is 0. The highest BCUT2D eigenvalue weighted by molar-refractivity contribution is 6.12. The van der Waals surface area contributed by atoms with Gasteiger partial charge in [-0.1, -0.05) is 24.3 Å². The molecule has 1 aliphatic rings. The van der Waals surface area contributed by atoms with Crippen molar-refractivity contribution in [2.24, 2.45) is 0 Å². The molecule has 41 heavy (non-hydrogen) atoms. The number of carbonyl (C=O) groups is 2. The van der Waals surface area contributed by atoms with Gasteiger partial charge < -0.3 is 20.7 Å². The number of nitro groups is 1. The van der Waals surface area contributed by atoms with Crippen LogP contribution in [0.1, 0.15) is 35.3 Å². The van der Waals surface area contributed by atoms with Crippen LogP contribution in [-0.2, 0) is 16.8 Å². The number of hydrogen-bond acceptors (Lipinski definition) is 6. The van der Waals surface area contributed by atoms with E-state index in [-0.39, 0.29) is 35.6 Å². The van der Waals surface area contributed by atoms with E-state index in [1.807, 2.05) is 6.07 Å². The van der Waals surface area contributed by atoms with Gasteiger partial charge in [0.05, 0.1) is 40.1 Å². The molecule has 0 aromatic heterocycles. The predicted molar refractivity (Wildman–Crippen MR) is 154 cm³/mol.